The minimum Gasteiger partial charge on any atom is -0.505 e. The molecule has 0 saturated carbocycles. The Bertz CT molecular complexity index is 393. The Morgan fingerprint density at radius 3 is 2.44 bits per heavy atom. The Morgan fingerprint density at radius 1 is 1.38 bits per heavy atom. The zero-order valence-corrected chi connectivity index (χ0v) is 8.03. The molecule has 0 aliphatic carbocycles. The molecule has 0 aromatic heterocycles. The summed E-state index contributed by atoms with van der Waals surface area (Å²) in [5.41, 5.74) is -0.146. The number of aliphatic carboxylic acids is 1. The molecule has 0 spiro atoms. The normalized spacial score (nSPS) is 12.8. The molecule has 0 saturated heterocycles. The predicted molar refractivity (Wildman–Crippen MR) is 49.1 cm³/mol. The van der Waals surface area contributed by atoms with Crippen LogP contribution < -0.4 is 0 Å². The van der Waals surface area contributed by atoms with E-state index in [0.29, 0.717) is 0 Å². The summed E-state index contributed by atoms with van der Waals surface area (Å²) in [4.78, 5) is 10.4. The van der Waals surface area contributed by atoms with Crippen molar-refractivity contribution >= 4 is 5.97 Å². The van der Waals surface area contributed by atoms with Crippen LogP contribution in [0.5, 0.6) is 5.75 Å². The van der Waals surface area contributed by atoms with E-state index in [0.717, 1.165) is 18.2 Å². The van der Waals surface area contributed by atoms with Crippen molar-refractivity contribution in [3.63, 3.8) is 0 Å². The first-order valence-corrected chi connectivity index (χ1v) is 4.40. The Morgan fingerprint density at radius 2 is 2.00 bits per heavy atom. The van der Waals surface area contributed by atoms with Crippen molar-refractivity contribution in [2.75, 3.05) is 0 Å². The highest BCUT2D eigenvalue weighted by Gasteiger charge is 2.26. The zero-order chi connectivity index (χ0) is 12.3. The van der Waals surface area contributed by atoms with Crippen molar-refractivity contribution in [3.05, 3.63) is 29.6 Å². The van der Waals surface area contributed by atoms with Gasteiger partial charge in [0, 0.05) is 0 Å². The minimum atomic E-state index is -2.90. The van der Waals surface area contributed by atoms with Gasteiger partial charge in [-0.2, -0.15) is 0 Å². The predicted octanol–water partition coefficient (Wildman–Crippen LogP) is 2.35. The van der Waals surface area contributed by atoms with Crippen molar-refractivity contribution in [2.45, 2.75) is 18.8 Å². The fraction of sp³-hybridized carbons (Fsp3) is 0.300. The number of phenols is 1. The Labute approximate surface area is 89.1 Å². The van der Waals surface area contributed by atoms with Gasteiger partial charge in [0.15, 0.2) is 11.6 Å². The molecule has 6 heteroatoms. The third-order valence-corrected chi connectivity index (χ3v) is 2.10. The molecule has 0 heterocycles. The van der Waals surface area contributed by atoms with E-state index >= 15 is 0 Å². The molecule has 0 amide bonds. The molecule has 16 heavy (non-hydrogen) atoms. The first-order valence-electron chi connectivity index (χ1n) is 4.40. The number of halogens is 3. The number of carbonyl (C=O) groups is 1. The van der Waals surface area contributed by atoms with Crippen LogP contribution in [-0.2, 0) is 4.79 Å². The van der Waals surface area contributed by atoms with Crippen LogP contribution in [-0.4, -0.2) is 22.6 Å². The quantitative estimate of drug-likeness (QED) is 0.840. The SMILES string of the molecule is O=C(O)CC(c1ccc(O)c(F)c1)C(F)F. The van der Waals surface area contributed by atoms with E-state index < -0.39 is 36.3 Å². The maximum Gasteiger partial charge on any atom is 0.304 e. The molecule has 1 atom stereocenters. The van der Waals surface area contributed by atoms with Crippen LogP contribution >= 0.6 is 0 Å². The van der Waals surface area contributed by atoms with Crippen molar-refractivity contribution in [1.29, 1.82) is 0 Å². The van der Waals surface area contributed by atoms with Gasteiger partial charge in [-0.05, 0) is 17.7 Å². The van der Waals surface area contributed by atoms with Crippen LogP contribution in [0, 0.1) is 5.82 Å². The molecule has 0 aliphatic heterocycles. The summed E-state index contributed by atoms with van der Waals surface area (Å²) in [6.07, 6.45) is -3.69. The van der Waals surface area contributed by atoms with Crippen LogP contribution in [0.3, 0.4) is 0 Å². The summed E-state index contributed by atoms with van der Waals surface area (Å²) in [6, 6.07) is 2.72. The van der Waals surface area contributed by atoms with Crippen molar-refractivity contribution < 1.29 is 28.2 Å². The maximum absolute atomic E-state index is 12.9. The van der Waals surface area contributed by atoms with Crippen LogP contribution in [0.4, 0.5) is 13.2 Å². The zero-order valence-electron chi connectivity index (χ0n) is 8.03. The summed E-state index contributed by atoms with van der Waals surface area (Å²) < 4.78 is 38.0. The molecule has 1 unspecified atom stereocenters. The lowest BCUT2D eigenvalue weighted by Crippen LogP contribution is -2.14. The third-order valence-electron chi connectivity index (χ3n) is 2.10. The molecule has 1 aromatic carbocycles. The first-order chi connectivity index (χ1) is 7.41. The molecule has 0 bridgehead atoms. The highest BCUT2D eigenvalue weighted by molar-refractivity contribution is 5.68. The molecule has 2 N–H and O–H groups in total. The average molecular weight is 234 g/mol. The van der Waals surface area contributed by atoms with Gasteiger partial charge in [0.25, 0.3) is 0 Å². The number of benzene rings is 1. The lowest BCUT2D eigenvalue weighted by Gasteiger charge is -2.14. The number of alkyl halides is 2. The first kappa shape index (κ1) is 12.4. The number of aromatic hydroxyl groups is 1. The molecule has 0 aliphatic rings. The van der Waals surface area contributed by atoms with Crippen LogP contribution in [0.2, 0.25) is 0 Å². The van der Waals surface area contributed by atoms with Gasteiger partial charge < -0.3 is 10.2 Å². The largest absolute Gasteiger partial charge is 0.505 e. The molecule has 0 radical (unpaired) electrons. The van der Waals surface area contributed by atoms with Crippen molar-refractivity contribution in [2.24, 2.45) is 0 Å². The van der Waals surface area contributed by atoms with Crippen LogP contribution in [0.25, 0.3) is 0 Å². The number of phenolic OH excluding ortho intramolecular Hbond substituents is 1. The van der Waals surface area contributed by atoms with Crippen molar-refractivity contribution in [3.8, 4) is 5.75 Å². The van der Waals surface area contributed by atoms with E-state index in [-0.39, 0.29) is 5.56 Å². The van der Waals surface area contributed by atoms with Gasteiger partial charge in [0.1, 0.15) is 0 Å². The fourth-order valence-electron chi connectivity index (χ4n) is 1.29. The van der Waals surface area contributed by atoms with E-state index in [1.54, 1.807) is 0 Å². The number of hydrogen-bond donors (Lipinski definition) is 2. The number of hydrogen-bond acceptors (Lipinski definition) is 2. The van der Waals surface area contributed by atoms with Gasteiger partial charge in [0.05, 0.1) is 12.3 Å². The minimum absolute atomic E-state index is 0.146. The molecular weight excluding hydrogens is 225 g/mol. The smallest absolute Gasteiger partial charge is 0.304 e. The second kappa shape index (κ2) is 4.87. The third kappa shape index (κ3) is 2.88. The highest BCUT2D eigenvalue weighted by atomic mass is 19.3. The second-order valence-electron chi connectivity index (χ2n) is 3.25. The van der Waals surface area contributed by atoms with E-state index in [4.69, 9.17) is 10.2 Å². The lowest BCUT2D eigenvalue weighted by molar-refractivity contribution is -0.138. The summed E-state index contributed by atoms with van der Waals surface area (Å²) in [5.74, 6) is -4.67. The Balaban J connectivity index is 3.01. The van der Waals surface area contributed by atoms with Crippen molar-refractivity contribution in [1.82, 2.24) is 0 Å². The second-order valence-corrected chi connectivity index (χ2v) is 3.25. The van der Waals surface area contributed by atoms with Gasteiger partial charge in [0.2, 0.25) is 6.43 Å². The van der Waals surface area contributed by atoms with E-state index in [9.17, 15) is 18.0 Å². The Kier molecular flexibility index (Phi) is 3.76. The van der Waals surface area contributed by atoms with Gasteiger partial charge in [-0.15, -0.1) is 0 Å². The lowest BCUT2D eigenvalue weighted by atomic mass is 9.96. The molecule has 1 aromatic rings. The number of carboxylic acid groups (broad SMARTS) is 1. The summed E-state index contributed by atoms with van der Waals surface area (Å²) in [6.45, 7) is 0. The monoisotopic (exact) mass is 234 g/mol. The van der Waals surface area contributed by atoms with Gasteiger partial charge in [-0.1, -0.05) is 6.07 Å². The van der Waals surface area contributed by atoms with E-state index in [1.807, 2.05) is 0 Å². The van der Waals surface area contributed by atoms with Gasteiger partial charge in [-0.25, -0.2) is 13.2 Å². The van der Waals surface area contributed by atoms with Crippen LogP contribution in [0.15, 0.2) is 18.2 Å². The van der Waals surface area contributed by atoms with Crippen LogP contribution in [0.1, 0.15) is 17.9 Å². The highest BCUT2D eigenvalue weighted by Crippen LogP contribution is 2.29. The summed E-state index contributed by atoms with van der Waals surface area (Å²) in [7, 11) is 0. The molecule has 88 valence electrons. The average Bonchev–Trinajstić information content (AvgIpc) is 2.18. The molecule has 1 rings (SSSR count). The number of rotatable bonds is 4. The molecule has 3 nitrogen and oxygen atoms in total. The fourth-order valence-corrected chi connectivity index (χ4v) is 1.29. The summed E-state index contributed by atoms with van der Waals surface area (Å²) in [5, 5.41) is 17.3. The van der Waals surface area contributed by atoms with Gasteiger partial charge in [-0.3, -0.25) is 4.79 Å². The van der Waals surface area contributed by atoms with Gasteiger partial charge >= 0.3 is 5.97 Å². The van der Waals surface area contributed by atoms with E-state index in [2.05, 4.69) is 0 Å². The van der Waals surface area contributed by atoms with E-state index in [1.165, 1.54) is 0 Å². The number of carboxylic acids is 1. The molecule has 0 fully saturated rings. The standard InChI is InChI=1S/C10H9F3O3/c11-7-3-5(1-2-8(7)14)6(10(12)13)4-9(15)16/h1-3,6,10,14H,4H2,(H,15,16). The summed E-state index contributed by atoms with van der Waals surface area (Å²) >= 11 is 0. The Hall–Kier alpha value is -1.72. The maximum atomic E-state index is 12.9. The topological polar surface area (TPSA) is 57.5 Å². The molecular formula is C10H9F3O3.